The summed E-state index contributed by atoms with van der Waals surface area (Å²) in [6, 6.07) is 9.13. The van der Waals surface area contributed by atoms with Gasteiger partial charge >= 0.3 is 0 Å². The Morgan fingerprint density at radius 3 is 2.65 bits per heavy atom. The Labute approximate surface area is 123 Å². The third-order valence-corrected chi connectivity index (χ3v) is 4.56. The fourth-order valence-electron chi connectivity index (χ4n) is 2.96. The lowest BCUT2D eigenvalue weighted by atomic mass is 9.81. The van der Waals surface area contributed by atoms with Crippen LogP contribution in [-0.4, -0.2) is 19.2 Å². The number of benzene rings is 1. The van der Waals surface area contributed by atoms with Crippen LogP contribution in [0.15, 0.2) is 24.3 Å². The summed E-state index contributed by atoms with van der Waals surface area (Å²) < 4.78 is 5.76. The largest absolute Gasteiger partial charge is 0.493 e. The lowest BCUT2D eigenvalue weighted by molar-refractivity contribution is 0.238. The molecule has 1 aromatic carbocycles. The minimum atomic E-state index is 0.577. The maximum atomic E-state index is 5.76. The molecule has 0 aliphatic carbocycles. The van der Waals surface area contributed by atoms with Crippen molar-refractivity contribution in [2.24, 2.45) is 11.8 Å². The average molecular weight is 275 g/mol. The van der Waals surface area contributed by atoms with E-state index in [1.54, 1.807) is 0 Å². The number of rotatable bonds is 6. The van der Waals surface area contributed by atoms with Crippen molar-refractivity contribution in [1.29, 1.82) is 0 Å². The van der Waals surface area contributed by atoms with Gasteiger partial charge in [-0.25, -0.2) is 0 Å². The van der Waals surface area contributed by atoms with E-state index >= 15 is 0 Å². The van der Waals surface area contributed by atoms with Crippen LogP contribution in [0.1, 0.15) is 52.0 Å². The van der Waals surface area contributed by atoms with E-state index in [2.05, 4.69) is 57.3 Å². The average Bonchev–Trinajstić information content (AvgIpc) is 2.45. The SMILES string of the molecule is CC(C)NCC(C)C(C)CC1CCOc2ccccc21. The maximum Gasteiger partial charge on any atom is 0.122 e. The zero-order chi connectivity index (χ0) is 14.5. The Morgan fingerprint density at radius 1 is 1.15 bits per heavy atom. The smallest absolute Gasteiger partial charge is 0.122 e. The first-order chi connectivity index (χ1) is 9.58. The second-order valence-corrected chi connectivity index (χ2v) is 6.63. The lowest BCUT2D eigenvalue weighted by Crippen LogP contribution is -2.31. The first-order valence-corrected chi connectivity index (χ1v) is 8.03. The predicted octanol–water partition coefficient (Wildman–Crippen LogP) is 4.21. The van der Waals surface area contributed by atoms with Gasteiger partial charge in [-0.05, 0) is 48.8 Å². The van der Waals surface area contributed by atoms with Crippen LogP contribution in [0, 0.1) is 11.8 Å². The second-order valence-electron chi connectivity index (χ2n) is 6.63. The van der Waals surface area contributed by atoms with Crippen molar-refractivity contribution in [2.45, 2.75) is 52.5 Å². The summed E-state index contributed by atoms with van der Waals surface area (Å²) in [5.74, 6) is 3.21. The molecule has 0 bridgehead atoms. The molecular weight excluding hydrogens is 246 g/mol. The van der Waals surface area contributed by atoms with Gasteiger partial charge in [0.05, 0.1) is 6.61 Å². The number of ether oxygens (including phenoxy) is 1. The van der Waals surface area contributed by atoms with Crippen LogP contribution in [0.3, 0.4) is 0 Å². The van der Waals surface area contributed by atoms with E-state index in [9.17, 15) is 0 Å². The number of hydrogen-bond donors (Lipinski definition) is 1. The highest BCUT2D eigenvalue weighted by Gasteiger charge is 2.24. The Morgan fingerprint density at radius 2 is 1.90 bits per heavy atom. The van der Waals surface area contributed by atoms with Gasteiger partial charge in [-0.15, -0.1) is 0 Å². The van der Waals surface area contributed by atoms with E-state index in [4.69, 9.17) is 4.74 Å². The molecule has 3 unspecified atom stereocenters. The van der Waals surface area contributed by atoms with Gasteiger partial charge in [0.1, 0.15) is 5.75 Å². The topological polar surface area (TPSA) is 21.3 Å². The molecule has 0 amide bonds. The molecule has 0 saturated heterocycles. The van der Waals surface area contributed by atoms with Gasteiger partial charge in [0.25, 0.3) is 0 Å². The van der Waals surface area contributed by atoms with E-state index in [1.807, 2.05) is 0 Å². The van der Waals surface area contributed by atoms with Crippen LogP contribution in [0.5, 0.6) is 5.75 Å². The van der Waals surface area contributed by atoms with E-state index < -0.39 is 0 Å². The molecule has 1 heterocycles. The zero-order valence-corrected chi connectivity index (χ0v) is 13.4. The van der Waals surface area contributed by atoms with Gasteiger partial charge in [0.15, 0.2) is 0 Å². The molecule has 0 fully saturated rings. The van der Waals surface area contributed by atoms with Crippen LogP contribution in [-0.2, 0) is 0 Å². The van der Waals surface area contributed by atoms with Crippen molar-refractivity contribution in [3.8, 4) is 5.75 Å². The first kappa shape index (κ1) is 15.4. The third-order valence-electron chi connectivity index (χ3n) is 4.56. The van der Waals surface area contributed by atoms with Crippen LogP contribution in [0.25, 0.3) is 0 Å². The fraction of sp³-hybridized carbons (Fsp3) is 0.667. The van der Waals surface area contributed by atoms with E-state index in [0.29, 0.717) is 17.9 Å². The normalized spacial score (nSPS) is 21.1. The maximum absolute atomic E-state index is 5.76. The fourth-order valence-corrected chi connectivity index (χ4v) is 2.96. The van der Waals surface area contributed by atoms with Gasteiger partial charge in [-0.2, -0.15) is 0 Å². The molecule has 3 atom stereocenters. The number of hydrogen-bond acceptors (Lipinski definition) is 2. The van der Waals surface area contributed by atoms with E-state index in [0.717, 1.165) is 31.2 Å². The highest BCUT2D eigenvalue weighted by Crippen LogP contribution is 2.38. The minimum absolute atomic E-state index is 0.577. The van der Waals surface area contributed by atoms with Crippen LogP contribution >= 0.6 is 0 Å². The number of fused-ring (bicyclic) bond motifs is 1. The van der Waals surface area contributed by atoms with Crippen molar-refractivity contribution in [1.82, 2.24) is 5.32 Å². The Kier molecular flexibility index (Phi) is 5.47. The monoisotopic (exact) mass is 275 g/mol. The molecule has 20 heavy (non-hydrogen) atoms. The first-order valence-electron chi connectivity index (χ1n) is 8.03. The molecule has 2 nitrogen and oxygen atoms in total. The van der Waals surface area contributed by atoms with Crippen molar-refractivity contribution in [3.63, 3.8) is 0 Å². The molecule has 2 heteroatoms. The summed E-state index contributed by atoms with van der Waals surface area (Å²) in [5.41, 5.74) is 1.41. The van der Waals surface area contributed by atoms with Crippen LogP contribution in [0.4, 0.5) is 0 Å². The molecular formula is C18H29NO. The molecule has 2 rings (SSSR count). The molecule has 1 N–H and O–H groups in total. The third kappa shape index (κ3) is 3.99. The number of para-hydroxylation sites is 1. The van der Waals surface area contributed by atoms with Gasteiger partial charge in [-0.1, -0.05) is 45.9 Å². The van der Waals surface area contributed by atoms with Crippen molar-refractivity contribution < 1.29 is 4.74 Å². The summed E-state index contributed by atoms with van der Waals surface area (Å²) in [6.07, 6.45) is 2.42. The van der Waals surface area contributed by atoms with Gasteiger partial charge < -0.3 is 10.1 Å². The Balaban J connectivity index is 1.93. The summed E-state index contributed by atoms with van der Waals surface area (Å²) in [6.45, 7) is 11.2. The Hall–Kier alpha value is -1.02. The molecule has 112 valence electrons. The van der Waals surface area contributed by atoms with Crippen molar-refractivity contribution >= 4 is 0 Å². The lowest BCUT2D eigenvalue weighted by Gasteiger charge is -2.30. The van der Waals surface area contributed by atoms with Crippen LogP contribution < -0.4 is 10.1 Å². The van der Waals surface area contributed by atoms with E-state index in [1.165, 1.54) is 12.0 Å². The highest BCUT2D eigenvalue weighted by atomic mass is 16.5. The summed E-state index contributed by atoms with van der Waals surface area (Å²) in [4.78, 5) is 0. The predicted molar refractivity (Wildman–Crippen MR) is 85.4 cm³/mol. The van der Waals surface area contributed by atoms with Gasteiger partial charge in [0.2, 0.25) is 0 Å². The zero-order valence-electron chi connectivity index (χ0n) is 13.4. The molecule has 0 saturated carbocycles. The van der Waals surface area contributed by atoms with E-state index in [-0.39, 0.29) is 0 Å². The number of nitrogens with one attached hydrogen (secondary N) is 1. The molecule has 0 spiro atoms. The standard InChI is InChI=1S/C18H29NO/c1-13(2)19-12-15(4)14(3)11-16-9-10-20-18-8-6-5-7-17(16)18/h5-8,13-16,19H,9-12H2,1-4H3. The van der Waals surface area contributed by atoms with Gasteiger partial charge in [-0.3, -0.25) is 0 Å². The van der Waals surface area contributed by atoms with Crippen LogP contribution in [0.2, 0.25) is 0 Å². The minimum Gasteiger partial charge on any atom is -0.493 e. The summed E-state index contributed by atoms with van der Waals surface area (Å²) in [5, 5.41) is 3.56. The summed E-state index contributed by atoms with van der Waals surface area (Å²) in [7, 11) is 0. The molecule has 0 radical (unpaired) electrons. The quantitative estimate of drug-likeness (QED) is 0.839. The second kappa shape index (κ2) is 7.12. The molecule has 1 aliphatic heterocycles. The molecule has 1 aromatic rings. The molecule has 1 aliphatic rings. The van der Waals surface area contributed by atoms with Crippen molar-refractivity contribution in [3.05, 3.63) is 29.8 Å². The van der Waals surface area contributed by atoms with Crippen molar-refractivity contribution in [2.75, 3.05) is 13.2 Å². The highest BCUT2D eigenvalue weighted by molar-refractivity contribution is 5.37. The van der Waals surface area contributed by atoms with Gasteiger partial charge in [0, 0.05) is 6.04 Å². The summed E-state index contributed by atoms with van der Waals surface area (Å²) >= 11 is 0. The Bertz CT molecular complexity index is 416. The molecule has 0 aromatic heterocycles.